The molecule has 2 rings (SSSR count). The fourth-order valence-corrected chi connectivity index (χ4v) is 2.37. The summed E-state index contributed by atoms with van der Waals surface area (Å²) in [5, 5.41) is 4.37. The molecule has 1 saturated heterocycles. The summed E-state index contributed by atoms with van der Waals surface area (Å²) in [6.07, 6.45) is 2.47. The molecule has 1 atom stereocenters. The maximum absolute atomic E-state index is 6.17. The van der Waals surface area contributed by atoms with Gasteiger partial charge in [-0.3, -0.25) is 0 Å². The second-order valence-electron chi connectivity index (χ2n) is 3.62. The molecule has 1 N–H and O–H groups in total. The predicted octanol–water partition coefficient (Wildman–Crippen LogP) is 3.07. The first-order valence-electron chi connectivity index (χ1n) is 4.77. The van der Waals surface area contributed by atoms with Crippen LogP contribution in [0.5, 0.6) is 0 Å². The van der Waals surface area contributed by atoms with Crippen molar-refractivity contribution in [1.29, 1.82) is 0 Å². The van der Waals surface area contributed by atoms with E-state index in [1.165, 1.54) is 24.0 Å². The fourth-order valence-electron chi connectivity index (χ4n) is 2.02. The Labute approximate surface area is 84.1 Å². The van der Waals surface area contributed by atoms with Crippen molar-refractivity contribution >= 4 is 11.6 Å². The Morgan fingerprint density at radius 3 is 2.92 bits per heavy atom. The monoisotopic (exact) mass is 195 g/mol. The highest BCUT2D eigenvalue weighted by molar-refractivity contribution is 6.31. The molecule has 0 amide bonds. The van der Waals surface area contributed by atoms with Gasteiger partial charge in [-0.1, -0.05) is 23.7 Å². The lowest BCUT2D eigenvalue weighted by Gasteiger charge is -2.15. The van der Waals surface area contributed by atoms with Crippen LogP contribution in [0.1, 0.15) is 30.0 Å². The zero-order chi connectivity index (χ0) is 9.26. The normalized spacial score (nSPS) is 22.2. The molecule has 1 aromatic carbocycles. The number of nitrogens with one attached hydrogen (secondary N) is 1. The maximum atomic E-state index is 6.17. The van der Waals surface area contributed by atoms with E-state index < -0.39 is 0 Å². The van der Waals surface area contributed by atoms with Gasteiger partial charge in [0.1, 0.15) is 0 Å². The molecular weight excluding hydrogens is 182 g/mol. The Morgan fingerprint density at radius 2 is 2.31 bits per heavy atom. The molecule has 0 bridgehead atoms. The van der Waals surface area contributed by atoms with E-state index in [4.69, 9.17) is 11.6 Å². The molecule has 0 radical (unpaired) electrons. The number of halogens is 1. The van der Waals surface area contributed by atoms with Gasteiger partial charge in [-0.25, -0.2) is 0 Å². The lowest BCUT2D eigenvalue weighted by Crippen LogP contribution is -2.14. The second kappa shape index (κ2) is 3.69. The van der Waals surface area contributed by atoms with Crippen molar-refractivity contribution in [2.45, 2.75) is 25.8 Å². The third kappa shape index (κ3) is 1.72. The van der Waals surface area contributed by atoms with Crippen molar-refractivity contribution in [3.8, 4) is 0 Å². The molecule has 2 heteroatoms. The molecular formula is C11H14ClN. The van der Waals surface area contributed by atoms with E-state index >= 15 is 0 Å². The van der Waals surface area contributed by atoms with Crippen LogP contribution < -0.4 is 5.32 Å². The molecule has 0 aliphatic carbocycles. The first-order valence-corrected chi connectivity index (χ1v) is 5.15. The molecule has 1 heterocycles. The van der Waals surface area contributed by atoms with Gasteiger partial charge < -0.3 is 5.32 Å². The zero-order valence-electron chi connectivity index (χ0n) is 7.81. The van der Waals surface area contributed by atoms with Crippen LogP contribution in [0.3, 0.4) is 0 Å². The van der Waals surface area contributed by atoms with Gasteiger partial charge in [-0.2, -0.15) is 0 Å². The van der Waals surface area contributed by atoms with Gasteiger partial charge in [0.25, 0.3) is 0 Å². The third-order valence-corrected chi connectivity index (χ3v) is 3.01. The molecule has 0 spiro atoms. The van der Waals surface area contributed by atoms with Crippen LogP contribution in [0.4, 0.5) is 0 Å². The Hall–Kier alpha value is -0.530. The average molecular weight is 196 g/mol. The van der Waals surface area contributed by atoms with Gasteiger partial charge in [0.05, 0.1) is 0 Å². The molecule has 1 aliphatic rings. The van der Waals surface area contributed by atoms with Crippen LogP contribution in [0.15, 0.2) is 18.2 Å². The summed E-state index contributed by atoms with van der Waals surface area (Å²) in [6, 6.07) is 6.59. The highest BCUT2D eigenvalue weighted by Gasteiger charge is 2.19. The van der Waals surface area contributed by atoms with E-state index in [9.17, 15) is 0 Å². The van der Waals surface area contributed by atoms with Crippen molar-refractivity contribution in [2.24, 2.45) is 0 Å². The van der Waals surface area contributed by atoms with E-state index in [1.807, 2.05) is 12.1 Å². The molecule has 1 aromatic rings. The van der Waals surface area contributed by atoms with Crippen LogP contribution in [0.2, 0.25) is 5.02 Å². The summed E-state index contributed by atoms with van der Waals surface area (Å²) in [5.41, 5.74) is 2.59. The topological polar surface area (TPSA) is 12.0 Å². The first-order chi connectivity index (χ1) is 6.29. The van der Waals surface area contributed by atoms with Gasteiger partial charge in [-0.05, 0) is 43.5 Å². The summed E-state index contributed by atoms with van der Waals surface area (Å²) in [5.74, 6) is 0. The summed E-state index contributed by atoms with van der Waals surface area (Å²) in [6.45, 7) is 3.25. The van der Waals surface area contributed by atoms with Crippen molar-refractivity contribution in [1.82, 2.24) is 5.32 Å². The quantitative estimate of drug-likeness (QED) is 0.727. The van der Waals surface area contributed by atoms with Crippen LogP contribution in [0, 0.1) is 6.92 Å². The van der Waals surface area contributed by atoms with Crippen LogP contribution in [-0.4, -0.2) is 6.54 Å². The Balaban J connectivity index is 2.37. The molecule has 70 valence electrons. The van der Waals surface area contributed by atoms with Gasteiger partial charge in [0.2, 0.25) is 0 Å². The van der Waals surface area contributed by atoms with Crippen molar-refractivity contribution in [3.63, 3.8) is 0 Å². The number of hydrogen-bond donors (Lipinski definition) is 1. The standard InChI is InChI=1S/C11H14ClN/c1-8-4-2-5-9(12)11(8)10-6-3-7-13-10/h2,4-5,10,13H,3,6-7H2,1H3. The molecule has 1 nitrogen and oxygen atoms in total. The second-order valence-corrected chi connectivity index (χ2v) is 4.03. The molecule has 0 saturated carbocycles. The minimum Gasteiger partial charge on any atom is -0.310 e. The van der Waals surface area contributed by atoms with Crippen molar-refractivity contribution < 1.29 is 0 Å². The van der Waals surface area contributed by atoms with Crippen molar-refractivity contribution in [2.75, 3.05) is 6.54 Å². The van der Waals surface area contributed by atoms with E-state index in [1.54, 1.807) is 0 Å². The summed E-state index contributed by atoms with van der Waals surface area (Å²) in [4.78, 5) is 0. The van der Waals surface area contributed by atoms with Gasteiger partial charge in [0.15, 0.2) is 0 Å². The Bertz CT molecular complexity index is 283. The highest BCUT2D eigenvalue weighted by Crippen LogP contribution is 2.31. The molecule has 13 heavy (non-hydrogen) atoms. The van der Waals surface area contributed by atoms with Crippen LogP contribution in [-0.2, 0) is 0 Å². The lowest BCUT2D eigenvalue weighted by molar-refractivity contribution is 0.644. The number of hydrogen-bond acceptors (Lipinski definition) is 1. The Morgan fingerprint density at radius 1 is 1.46 bits per heavy atom. The van der Waals surface area contributed by atoms with Gasteiger partial charge in [-0.15, -0.1) is 0 Å². The Kier molecular flexibility index (Phi) is 2.56. The van der Waals surface area contributed by atoms with Crippen molar-refractivity contribution in [3.05, 3.63) is 34.3 Å². The third-order valence-electron chi connectivity index (χ3n) is 2.68. The largest absolute Gasteiger partial charge is 0.310 e. The smallest absolute Gasteiger partial charge is 0.0456 e. The number of benzene rings is 1. The fraction of sp³-hybridized carbons (Fsp3) is 0.455. The highest BCUT2D eigenvalue weighted by atomic mass is 35.5. The zero-order valence-corrected chi connectivity index (χ0v) is 8.56. The van der Waals surface area contributed by atoms with Gasteiger partial charge >= 0.3 is 0 Å². The SMILES string of the molecule is Cc1cccc(Cl)c1C1CCCN1. The predicted molar refractivity (Wildman–Crippen MR) is 56.2 cm³/mol. The van der Waals surface area contributed by atoms with E-state index in [-0.39, 0.29) is 0 Å². The molecule has 1 fully saturated rings. The van der Waals surface area contributed by atoms with Gasteiger partial charge in [0, 0.05) is 11.1 Å². The lowest BCUT2D eigenvalue weighted by atomic mass is 10.0. The number of rotatable bonds is 1. The van der Waals surface area contributed by atoms with E-state index in [0.29, 0.717) is 6.04 Å². The first kappa shape index (κ1) is 9.04. The van der Waals surface area contributed by atoms with E-state index in [0.717, 1.165) is 11.6 Å². The molecule has 1 aliphatic heterocycles. The molecule has 0 aromatic heterocycles. The van der Waals surface area contributed by atoms with Crippen LogP contribution in [0.25, 0.3) is 0 Å². The maximum Gasteiger partial charge on any atom is 0.0456 e. The summed E-state index contributed by atoms with van der Waals surface area (Å²) >= 11 is 6.17. The summed E-state index contributed by atoms with van der Waals surface area (Å²) in [7, 11) is 0. The molecule has 1 unspecified atom stereocenters. The average Bonchev–Trinajstić information content (AvgIpc) is 2.57. The number of aryl methyl sites for hydroxylation is 1. The minimum atomic E-state index is 0.480. The van der Waals surface area contributed by atoms with Crippen LogP contribution >= 0.6 is 11.6 Å². The summed E-state index contributed by atoms with van der Waals surface area (Å²) < 4.78 is 0. The van der Waals surface area contributed by atoms with E-state index in [2.05, 4.69) is 18.3 Å². The minimum absolute atomic E-state index is 0.480.